The number of anilines is 1. The van der Waals surface area contributed by atoms with Gasteiger partial charge in [0.25, 0.3) is 0 Å². The monoisotopic (exact) mass is 349 g/mol. The van der Waals surface area contributed by atoms with Gasteiger partial charge in [-0.05, 0) is 48.9 Å². The minimum absolute atomic E-state index is 0.244. The zero-order valence-electron chi connectivity index (χ0n) is 15.7. The van der Waals surface area contributed by atoms with Gasteiger partial charge in [0, 0.05) is 45.8 Å². The fourth-order valence-corrected chi connectivity index (χ4v) is 3.72. The number of benzene rings is 1. The van der Waals surface area contributed by atoms with Gasteiger partial charge in [0.1, 0.15) is 0 Å². The number of fused-ring (bicyclic) bond motifs is 3. The van der Waals surface area contributed by atoms with Gasteiger partial charge in [-0.3, -0.25) is 0 Å². The maximum Gasteiger partial charge on any atom is 0.0777 e. The van der Waals surface area contributed by atoms with Gasteiger partial charge >= 0.3 is 0 Å². The third-order valence-electron chi connectivity index (χ3n) is 5.19. The third-order valence-corrected chi connectivity index (χ3v) is 5.19. The molecule has 0 bridgehead atoms. The topological polar surface area (TPSA) is 113 Å². The summed E-state index contributed by atoms with van der Waals surface area (Å²) in [6.45, 7) is 6.15. The molecule has 0 fully saturated rings. The van der Waals surface area contributed by atoms with Crippen molar-refractivity contribution in [2.45, 2.75) is 46.5 Å². The highest BCUT2D eigenvalue weighted by Gasteiger charge is 2.25. The second-order valence-electron chi connectivity index (χ2n) is 7.95. The number of nitrogens with two attached hydrogens (primary N) is 2. The van der Waals surface area contributed by atoms with Gasteiger partial charge in [-0.2, -0.15) is 0 Å². The van der Waals surface area contributed by atoms with Crippen LogP contribution in [-0.2, 0) is 12.8 Å². The Morgan fingerprint density at radius 2 is 1.77 bits per heavy atom. The summed E-state index contributed by atoms with van der Waals surface area (Å²) in [5.41, 5.74) is 19.0. The van der Waals surface area contributed by atoms with E-state index in [1.165, 1.54) is 18.0 Å². The highest BCUT2D eigenvalue weighted by atomic mass is 14.7. The van der Waals surface area contributed by atoms with Gasteiger partial charge in [0.2, 0.25) is 0 Å². The van der Waals surface area contributed by atoms with E-state index < -0.39 is 0 Å². The molecule has 1 heterocycles. The molecule has 5 nitrogen and oxygen atoms in total. The summed E-state index contributed by atoms with van der Waals surface area (Å²) >= 11 is 0. The van der Waals surface area contributed by atoms with Crippen molar-refractivity contribution in [3.63, 3.8) is 0 Å². The van der Waals surface area contributed by atoms with Crippen LogP contribution in [0.1, 0.15) is 56.0 Å². The quantitative estimate of drug-likeness (QED) is 0.495. The van der Waals surface area contributed by atoms with Gasteiger partial charge < -0.3 is 22.3 Å². The number of hydrogen-bond donors (Lipinski definition) is 4. The van der Waals surface area contributed by atoms with E-state index in [-0.39, 0.29) is 5.41 Å². The van der Waals surface area contributed by atoms with E-state index in [1.54, 1.807) is 6.07 Å². The van der Waals surface area contributed by atoms with Crippen LogP contribution < -0.4 is 11.5 Å². The Hall–Kier alpha value is -2.69. The van der Waals surface area contributed by atoms with Crippen LogP contribution >= 0.6 is 0 Å². The third kappa shape index (κ3) is 2.87. The molecule has 0 saturated carbocycles. The van der Waals surface area contributed by atoms with Crippen LogP contribution in [0.25, 0.3) is 16.5 Å². The number of rotatable bonds is 3. The predicted octanol–water partition coefficient (Wildman–Crippen LogP) is 4.06. The number of aromatic nitrogens is 1. The molecular weight excluding hydrogens is 322 g/mol. The molecule has 0 amide bonds. The van der Waals surface area contributed by atoms with Crippen LogP contribution in [0.3, 0.4) is 0 Å². The molecule has 1 aliphatic rings. The van der Waals surface area contributed by atoms with Crippen molar-refractivity contribution in [3.8, 4) is 0 Å². The molecule has 0 aliphatic heterocycles. The Morgan fingerprint density at radius 3 is 2.35 bits per heavy atom. The summed E-state index contributed by atoms with van der Waals surface area (Å²) in [7, 11) is 0. The van der Waals surface area contributed by atoms with E-state index in [0.717, 1.165) is 53.4 Å². The molecule has 26 heavy (non-hydrogen) atoms. The molecule has 3 rings (SSSR count). The fourth-order valence-electron chi connectivity index (χ4n) is 3.72. The first kappa shape index (κ1) is 18.1. The molecule has 0 saturated heterocycles. The smallest absolute Gasteiger partial charge is 0.0777 e. The molecule has 6 N–H and O–H groups in total. The van der Waals surface area contributed by atoms with Crippen molar-refractivity contribution < 1.29 is 0 Å². The Bertz CT molecular complexity index is 932. The molecule has 136 valence electrons. The van der Waals surface area contributed by atoms with Gasteiger partial charge in [-0.15, -0.1) is 0 Å². The van der Waals surface area contributed by atoms with Crippen molar-refractivity contribution in [1.82, 2.24) is 4.98 Å². The number of nitrogens with one attached hydrogen (secondary N) is 2. The maximum absolute atomic E-state index is 7.99. The van der Waals surface area contributed by atoms with Crippen molar-refractivity contribution in [1.29, 1.82) is 10.8 Å². The van der Waals surface area contributed by atoms with E-state index in [1.807, 2.05) is 26.8 Å². The second-order valence-corrected chi connectivity index (χ2v) is 7.95. The molecule has 2 aromatic rings. The summed E-state index contributed by atoms with van der Waals surface area (Å²) < 4.78 is 0. The highest BCUT2D eigenvalue weighted by Crippen LogP contribution is 2.37. The average Bonchev–Trinajstić information content (AvgIpc) is 2.61. The molecule has 5 heteroatoms. The molecule has 0 unspecified atom stereocenters. The SMILES string of the molecule is CC(C)(C)C(N)=C(C=N)c1nc2ccc(N)c(C=N)c2c2c1CCCC2. The number of aryl methyl sites for hydroxylation is 1. The summed E-state index contributed by atoms with van der Waals surface area (Å²) in [5.74, 6) is 0. The van der Waals surface area contributed by atoms with Gasteiger partial charge in [0.05, 0.1) is 11.2 Å². The van der Waals surface area contributed by atoms with Crippen LogP contribution in [0.5, 0.6) is 0 Å². The Balaban J connectivity index is 2.44. The van der Waals surface area contributed by atoms with Crippen LogP contribution in [0.4, 0.5) is 5.69 Å². The fraction of sp³-hybridized carbons (Fsp3) is 0.381. The minimum atomic E-state index is -0.244. The Labute approximate surface area is 154 Å². The lowest BCUT2D eigenvalue weighted by Crippen LogP contribution is -2.21. The first-order chi connectivity index (χ1) is 12.3. The second kappa shape index (κ2) is 6.56. The predicted molar refractivity (Wildman–Crippen MR) is 110 cm³/mol. The number of nitrogens with zero attached hydrogens (tertiary/aromatic N) is 1. The average molecular weight is 349 g/mol. The summed E-state index contributed by atoms with van der Waals surface area (Å²) in [4.78, 5) is 4.90. The van der Waals surface area contributed by atoms with Gasteiger partial charge in [0.15, 0.2) is 0 Å². The normalized spacial score (nSPS) is 15.3. The standard InChI is InChI=1S/C21H27N5/c1-21(2,3)20(25)15(11-23)19-13-7-5-4-6-12(13)18-14(10-22)16(24)8-9-17(18)26-19/h8-11,22-23H,4-7,24-25H2,1-3H3. The van der Waals surface area contributed by atoms with Crippen LogP contribution in [0.15, 0.2) is 17.8 Å². The maximum atomic E-state index is 7.99. The van der Waals surface area contributed by atoms with Crippen molar-refractivity contribution in [2.24, 2.45) is 11.1 Å². The summed E-state index contributed by atoms with van der Waals surface area (Å²) in [6, 6.07) is 3.71. The highest BCUT2D eigenvalue weighted by molar-refractivity contribution is 6.11. The first-order valence-electron chi connectivity index (χ1n) is 9.05. The van der Waals surface area contributed by atoms with E-state index in [9.17, 15) is 0 Å². The van der Waals surface area contributed by atoms with Crippen molar-refractivity contribution in [2.75, 3.05) is 5.73 Å². The Kier molecular flexibility index (Phi) is 4.57. The van der Waals surface area contributed by atoms with Crippen LogP contribution in [0.2, 0.25) is 0 Å². The zero-order valence-corrected chi connectivity index (χ0v) is 15.7. The Morgan fingerprint density at radius 1 is 1.12 bits per heavy atom. The van der Waals surface area contributed by atoms with Crippen molar-refractivity contribution >= 4 is 34.6 Å². The largest absolute Gasteiger partial charge is 0.401 e. The number of hydrogen-bond acceptors (Lipinski definition) is 5. The molecule has 0 radical (unpaired) electrons. The van der Waals surface area contributed by atoms with Crippen molar-refractivity contribution in [3.05, 3.63) is 40.2 Å². The van der Waals surface area contributed by atoms with E-state index >= 15 is 0 Å². The van der Waals surface area contributed by atoms with E-state index in [0.29, 0.717) is 17.0 Å². The first-order valence-corrected chi connectivity index (χ1v) is 9.05. The summed E-state index contributed by atoms with van der Waals surface area (Å²) in [5, 5.41) is 16.8. The molecule has 0 spiro atoms. The molecule has 0 atom stereocenters. The molecule has 1 aromatic heterocycles. The van der Waals surface area contributed by atoms with Gasteiger partial charge in [-0.1, -0.05) is 20.8 Å². The minimum Gasteiger partial charge on any atom is -0.401 e. The lowest BCUT2D eigenvalue weighted by atomic mass is 9.82. The number of allylic oxidation sites excluding steroid dienone is 2. The lowest BCUT2D eigenvalue weighted by molar-refractivity contribution is 0.500. The molecule has 1 aliphatic carbocycles. The van der Waals surface area contributed by atoms with Crippen LogP contribution in [-0.4, -0.2) is 17.4 Å². The number of nitrogen functional groups attached to an aromatic ring is 1. The van der Waals surface area contributed by atoms with Crippen LogP contribution in [0, 0.1) is 16.2 Å². The molecular formula is C21H27N5. The van der Waals surface area contributed by atoms with E-state index in [4.69, 9.17) is 27.3 Å². The van der Waals surface area contributed by atoms with Gasteiger partial charge in [-0.25, -0.2) is 4.98 Å². The zero-order chi connectivity index (χ0) is 19.1. The summed E-state index contributed by atoms with van der Waals surface area (Å²) in [6.07, 6.45) is 6.70. The van der Waals surface area contributed by atoms with E-state index in [2.05, 4.69) is 0 Å². The lowest BCUT2D eigenvalue weighted by Gasteiger charge is -2.26. The molecule has 1 aromatic carbocycles. The number of pyridine rings is 1.